The molecule has 4 amide bonds. The number of aromatic amines is 1. The van der Waals surface area contributed by atoms with Crippen LogP contribution in [-0.4, -0.2) is 158 Å². The quantitative estimate of drug-likeness (QED) is 0.0306. The van der Waals surface area contributed by atoms with Gasteiger partial charge in [-0.25, -0.2) is 0 Å². The Hall–Kier alpha value is -15.7. The Morgan fingerprint density at radius 1 is 0.336 bits per heavy atom. The molecule has 25 nitrogen and oxygen atoms in total. The molecule has 5 aromatic heterocycles. The van der Waals surface area contributed by atoms with Gasteiger partial charge in [-0.3, -0.25) is 62.4 Å². The number of rotatable bonds is 28. The van der Waals surface area contributed by atoms with E-state index in [0.29, 0.717) is 68.7 Å². The minimum Gasteiger partial charge on any atom is -0.496 e. The minimum atomic E-state index is -0.123. The van der Waals surface area contributed by atoms with Gasteiger partial charge in [0.05, 0.1) is 26.9 Å². The first-order valence-corrected chi connectivity index (χ1v) is 50.7. The van der Waals surface area contributed by atoms with Crippen LogP contribution >= 0.6 is 0 Å². The lowest BCUT2D eigenvalue weighted by atomic mass is 10.0. The standard InChI is InChI=1S/C36H39N5O3.C31H31N5O2.C28H28N4O.C26H26N4O/c1-43-34-14-13-28(30-11-4-5-12-31(30)34)24-40-16-15-33-32(25-40)35(38-41(33)18-17-39-19-21-44-22-20-39)36(42)37-23-27-9-6-8-26-7-2-3-10-29(26)27;1-35-29-14-15-36(20-27(29)30(34-35)31(37)33-17-22-8-4-2-5-9-22)19-24-18-32-28-16-25(12-13-26(24)28)38-21-23-10-6-3-7-11-23;1-31-26-15-16-32(19-22-11-8-14-24(17-22)23-12-6-3-7-13-23)20-25(26)27(30-31)28(33)29-18-21-9-4-2-5-10-21;1-29-24-14-15-30(17-21-12-7-11-20-10-5-6-13-22(20)21)18-23(24)25(28-29)26(31)27-16-19-8-3-2-4-9-19/h2-14H,15-25H2,1H3,(H,37,42);2-13,16,18,32H,14-15,17,19-21H2,1H3,(H,33,37);2-14,17H,15-16,18-20H2,1H3,(H,29,33);2-13H,14-18H2,1H3,(H,27,31). The number of nitrogens with one attached hydrogen (secondary N) is 5. The molecule has 25 heteroatoms. The Labute approximate surface area is 851 Å². The van der Waals surface area contributed by atoms with Crippen LogP contribution in [-0.2, 0) is 143 Å². The SMILES string of the molecule is COc1ccc(CN2CCc3c(c(C(=O)NCc4cccc5ccccc45)nn3CCN3CCOCC3)C2)c2ccccc12.Cn1nc(C(=O)NCc2ccccc2)c2c1CCN(Cc1c[nH]c3cc(OCc4ccccc4)ccc13)C2.Cn1nc(C(=O)NCc2ccccc2)c2c1CCN(Cc1cccc(-c3ccccc3)c1)C2.Cn1nc(C(=O)NCc2ccccc2)c2c1CCN(Cc1cccc3ccccc13)C2. The Morgan fingerprint density at radius 2 is 0.740 bits per heavy atom. The molecule has 0 bridgehead atoms. The van der Waals surface area contributed by atoms with E-state index in [1.807, 2.05) is 175 Å². The van der Waals surface area contributed by atoms with Crippen LogP contribution < -0.4 is 30.7 Å². The number of nitrogens with zero attached hydrogens (tertiary/aromatic N) is 13. The second-order valence-corrected chi connectivity index (χ2v) is 38.3. The first-order valence-electron chi connectivity index (χ1n) is 50.7. The maximum atomic E-state index is 13.8. The topological polar surface area (TPSA) is 247 Å². The Morgan fingerprint density at radius 3 is 1.27 bits per heavy atom. The van der Waals surface area contributed by atoms with Crippen molar-refractivity contribution in [2.75, 3.05) is 66.1 Å². The molecule has 146 heavy (non-hydrogen) atoms. The molecule has 0 spiro atoms. The van der Waals surface area contributed by atoms with Gasteiger partial charge in [-0.2, -0.15) is 20.4 Å². The highest BCUT2D eigenvalue weighted by Crippen LogP contribution is 2.36. The van der Waals surface area contributed by atoms with E-state index in [1.54, 1.807) is 7.11 Å². The van der Waals surface area contributed by atoms with E-state index in [-0.39, 0.29) is 23.6 Å². The van der Waals surface area contributed by atoms with E-state index in [2.05, 4.69) is 253 Å². The molecule has 1 fully saturated rings. The number of methoxy groups -OCH3 is 1. The number of amides is 4. The fourth-order valence-electron chi connectivity index (χ4n) is 21.0. The van der Waals surface area contributed by atoms with Crippen molar-refractivity contribution in [1.29, 1.82) is 0 Å². The Kier molecular flexibility index (Phi) is 31.0. The third-order valence-electron chi connectivity index (χ3n) is 28.7. The molecule has 18 aromatic rings. The van der Waals surface area contributed by atoms with Crippen molar-refractivity contribution in [3.63, 3.8) is 0 Å². The van der Waals surface area contributed by atoms with Gasteiger partial charge in [-0.1, -0.05) is 285 Å². The molecular formula is C121H124N18O7. The van der Waals surface area contributed by atoms with Gasteiger partial charge < -0.3 is 40.5 Å². The molecule has 23 rings (SSSR count). The van der Waals surface area contributed by atoms with E-state index in [1.165, 1.54) is 71.7 Å². The number of H-pyrrole nitrogens is 1. The zero-order valence-corrected chi connectivity index (χ0v) is 83.4. The molecule has 0 atom stereocenters. The molecule has 740 valence electrons. The number of fused-ring (bicyclic) bond motifs is 8. The third kappa shape index (κ3) is 23.3. The Balaban J connectivity index is 0.000000119. The van der Waals surface area contributed by atoms with Crippen LogP contribution in [0.5, 0.6) is 11.5 Å². The Bertz CT molecular complexity index is 7590. The zero-order chi connectivity index (χ0) is 99.6. The van der Waals surface area contributed by atoms with Crippen molar-refractivity contribution in [2.45, 2.75) is 117 Å². The number of hydrogen-bond donors (Lipinski definition) is 5. The number of aryl methyl sites for hydroxylation is 3. The summed E-state index contributed by atoms with van der Waals surface area (Å²) in [6, 6.07) is 108. The highest BCUT2D eigenvalue weighted by Gasteiger charge is 2.34. The maximum Gasteiger partial charge on any atom is 0.272 e. The first kappa shape index (κ1) is 97.7. The molecule has 5 N–H and O–H groups in total. The van der Waals surface area contributed by atoms with Crippen molar-refractivity contribution < 1.29 is 33.4 Å². The number of morpholine rings is 1. The van der Waals surface area contributed by atoms with Gasteiger partial charge in [0.15, 0.2) is 22.8 Å². The second kappa shape index (κ2) is 46.3. The lowest BCUT2D eigenvalue weighted by molar-refractivity contribution is 0.0358. The second-order valence-electron chi connectivity index (χ2n) is 38.3. The number of ether oxygens (including phenoxy) is 3. The monoisotopic (exact) mass is 1940 g/mol. The molecule has 0 unspecified atom stereocenters. The number of aromatic nitrogens is 9. The lowest BCUT2D eigenvalue weighted by Crippen LogP contribution is -2.38. The van der Waals surface area contributed by atoms with Gasteiger partial charge in [-0.05, 0) is 112 Å². The first-order chi connectivity index (χ1) is 71.7. The molecule has 0 radical (unpaired) electrons. The molecule has 0 aliphatic carbocycles. The lowest BCUT2D eigenvalue weighted by Gasteiger charge is -2.29. The summed E-state index contributed by atoms with van der Waals surface area (Å²) in [5.41, 5.74) is 25.1. The summed E-state index contributed by atoms with van der Waals surface area (Å²) in [6.07, 6.45) is 5.59. The van der Waals surface area contributed by atoms with Gasteiger partial charge in [-0.15, -0.1) is 0 Å². The highest BCUT2D eigenvalue weighted by molar-refractivity contribution is 5.97. The van der Waals surface area contributed by atoms with Gasteiger partial charge in [0.1, 0.15) is 18.1 Å². The summed E-state index contributed by atoms with van der Waals surface area (Å²) in [4.78, 5) is 68.2. The van der Waals surface area contributed by atoms with Gasteiger partial charge in [0, 0.05) is 245 Å². The number of carbonyl (C=O) groups is 4. The highest BCUT2D eigenvalue weighted by atomic mass is 16.5. The average Bonchev–Trinajstić information content (AvgIpc) is 1.60. The van der Waals surface area contributed by atoms with Crippen LogP contribution in [0.2, 0.25) is 0 Å². The largest absolute Gasteiger partial charge is 0.496 e. The van der Waals surface area contributed by atoms with Crippen molar-refractivity contribution in [2.24, 2.45) is 21.1 Å². The third-order valence-corrected chi connectivity index (χ3v) is 28.7. The van der Waals surface area contributed by atoms with Crippen molar-refractivity contribution >= 4 is 66.8 Å². The van der Waals surface area contributed by atoms with Crippen molar-refractivity contribution in [3.8, 4) is 22.6 Å². The van der Waals surface area contributed by atoms with Crippen LogP contribution in [0, 0.1) is 0 Å². The molecular weight excluding hydrogens is 1820 g/mol. The smallest absolute Gasteiger partial charge is 0.272 e. The molecule has 1 saturated heterocycles. The molecule has 0 saturated carbocycles. The predicted molar refractivity (Wildman–Crippen MR) is 574 cm³/mol. The molecule has 10 heterocycles. The summed E-state index contributed by atoms with van der Waals surface area (Å²) < 4.78 is 24.9. The van der Waals surface area contributed by atoms with E-state index in [0.717, 1.165) is 220 Å². The average molecular weight is 1940 g/mol. The van der Waals surface area contributed by atoms with Crippen LogP contribution in [0.25, 0.3) is 54.3 Å². The van der Waals surface area contributed by atoms with E-state index >= 15 is 0 Å². The predicted octanol–water partition coefficient (Wildman–Crippen LogP) is 18.6. The van der Waals surface area contributed by atoms with E-state index in [9.17, 15) is 19.2 Å². The molecule has 5 aliphatic rings. The van der Waals surface area contributed by atoms with Gasteiger partial charge in [0.2, 0.25) is 0 Å². The minimum absolute atomic E-state index is 0.104. The normalized spacial score (nSPS) is 14.2. The number of carbonyl (C=O) groups excluding carboxylic acids is 4. The fourth-order valence-corrected chi connectivity index (χ4v) is 21.0. The fraction of sp³-hybridized carbons (Fsp3) is 0.256. The van der Waals surface area contributed by atoms with Crippen LogP contribution in [0.15, 0.2) is 322 Å². The van der Waals surface area contributed by atoms with Crippen molar-refractivity contribution in [3.05, 3.63) is 440 Å². The summed E-state index contributed by atoms with van der Waals surface area (Å²) >= 11 is 0. The summed E-state index contributed by atoms with van der Waals surface area (Å²) in [5.74, 6) is 1.28. The summed E-state index contributed by atoms with van der Waals surface area (Å²) in [7, 11) is 7.52. The molecule has 5 aliphatic heterocycles. The molecule has 13 aromatic carbocycles. The summed E-state index contributed by atoms with van der Waals surface area (Å²) in [5, 5.41) is 39.4. The van der Waals surface area contributed by atoms with Crippen LogP contribution in [0.4, 0.5) is 0 Å². The maximum absolute atomic E-state index is 13.8. The van der Waals surface area contributed by atoms with Gasteiger partial charge >= 0.3 is 0 Å². The van der Waals surface area contributed by atoms with Crippen molar-refractivity contribution in [1.82, 2.24) is 89.9 Å². The number of hydrogen-bond acceptors (Lipinski definition) is 16. The summed E-state index contributed by atoms with van der Waals surface area (Å²) in [6.45, 7) is 17.5. The van der Waals surface area contributed by atoms with Crippen LogP contribution in [0.1, 0.15) is 137 Å². The zero-order valence-electron chi connectivity index (χ0n) is 83.4. The van der Waals surface area contributed by atoms with E-state index < -0.39 is 0 Å². The van der Waals surface area contributed by atoms with Gasteiger partial charge in [0.25, 0.3) is 23.6 Å². The van der Waals surface area contributed by atoms with E-state index in [4.69, 9.17) is 19.3 Å². The number of benzene rings is 13. The van der Waals surface area contributed by atoms with Crippen LogP contribution in [0.3, 0.4) is 0 Å².